The third-order valence-corrected chi connectivity index (χ3v) is 11.2. The molecule has 0 radical (unpaired) electrons. The third kappa shape index (κ3) is 4.64. The number of nitrogens with zero attached hydrogens (tertiary/aromatic N) is 4. The molecule has 0 amide bonds. The Bertz CT molecular complexity index is 3550. The van der Waals surface area contributed by atoms with Crippen LogP contribution < -0.4 is 0 Å². The lowest BCUT2D eigenvalue weighted by molar-refractivity contribution is 0.669. The van der Waals surface area contributed by atoms with E-state index in [2.05, 4.69) is 180 Å². The highest BCUT2D eigenvalue weighted by atomic mass is 16.3. The summed E-state index contributed by atoms with van der Waals surface area (Å²) in [5, 5.41) is 11.5. The fraction of sp³-hybridized carbons (Fsp3) is 0. The largest absolute Gasteiger partial charge is 0.456 e. The minimum atomic E-state index is 0.558. The maximum atomic E-state index is 6.40. The van der Waals surface area contributed by atoms with Crippen LogP contribution in [0.5, 0.6) is 0 Å². The molecule has 0 aliphatic heterocycles. The van der Waals surface area contributed by atoms with Crippen LogP contribution in [0.3, 0.4) is 0 Å². The van der Waals surface area contributed by atoms with Crippen molar-refractivity contribution in [1.29, 1.82) is 0 Å². The molecule has 0 saturated carbocycles. The lowest BCUT2D eigenvalue weighted by Crippen LogP contribution is -2.07. The molecule has 260 valence electrons. The van der Waals surface area contributed by atoms with Gasteiger partial charge in [-0.05, 0) is 85.9 Å². The Balaban J connectivity index is 1.15. The van der Waals surface area contributed by atoms with Gasteiger partial charge in [0.2, 0.25) is 5.95 Å². The van der Waals surface area contributed by atoms with Crippen LogP contribution in [0.15, 0.2) is 186 Å². The fourth-order valence-corrected chi connectivity index (χ4v) is 8.64. The lowest BCUT2D eigenvalue weighted by atomic mass is 9.94. The van der Waals surface area contributed by atoms with Gasteiger partial charge in [-0.25, -0.2) is 4.98 Å². The topological polar surface area (TPSA) is 56.7 Å². The Kier molecular flexibility index (Phi) is 6.56. The molecular weight excluding hydrogens is 685 g/mol. The van der Waals surface area contributed by atoms with Crippen LogP contribution in [0.1, 0.15) is 0 Å². The van der Waals surface area contributed by atoms with Gasteiger partial charge >= 0.3 is 0 Å². The molecule has 5 nitrogen and oxygen atoms in total. The molecule has 9 aromatic carbocycles. The Hall–Kier alpha value is -7.63. The number of furan rings is 1. The van der Waals surface area contributed by atoms with E-state index in [1.807, 2.05) is 6.07 Å². The summed E-state index contributed by atoms with van der Waals surface area (Å²) >= 11 is 0. The van der Waals surface area contributed by atoms with Crippen LogP contribution in [0, 0.1) is 0 Å². The van der Waals surface area contributed by atoms with E-state index >= 15 is 0 Å². The molecular formula is C51H30N4O. The fourth-order valence-electron chi connectivity index (χ4n) is 8.64. The quantitative estimate of drug-likeness (QED) is 0.182. The van der Waals surface area contributed by atoms with E-state index in [1.165, 1.54) is 32.3 Å². The van der Waals surface area contributed by atoms with Crippen molar-refractivity contribution in [3.63, 3.8) is 0 Å². The van der Waals surface area contributed by atoms with Crippen LogP contribution in [0.25, 0.3) is 116 Å². The minimum Gasteiger partial charge on any atom is -0.456 e. The lowest BCUT2D eigenvalue weighted by Gasteiger charge is -2.14. The Morgan fingerprint density at radius 2 is 0.982 bits per heavy atom. The van der Waals surface area contributed by atoms with Crippen molar-refractivity contribution in [2.45, 2.75) is 0 Å². The first kappa shape index (κ1) is 30.8. The normalized spacial score (nSPS) is 11.9. The highest BCUT2D eigenvalue weighted by Crippen LogP contribution is 2.40. The molecule has 0 unspecified atom stereocenters. The zero-order chi connectivity index (χ0) is 36.7. The second-order valence-corrected chi connectivity index (χ2v) is 14.4. The van der Waals surface area contributed by atoms with Crippen molar-refractivity contribution < 1.29 is 4.42 Å². The molecule has 12 aromatic rings. The van der Waals surface area contributed by atoms with Crippen LogP contribution in [-0.2, 0) is 0 Å². The average Bonchev–Trinajstić information content (AvgIpc) is 3.80. The van der Waals surface area contributed by atoms with Crippen molar-refractivity contribution in [2.75, 3.05) is 0 Å². The highest BCUT2D eigenvalue weighted by molar-refractivity contribution is 6.21. The number of fused-ring (bicyclic) bond motifs is 10. The molecule has 5 heteroatoms. The Morgan fingerprint density at radius 3 is 1.84 bits per heavy atom. The predicted molar refractivity (Wildman–Crippen MR) is 230 cm³/mol. The van der Waals surface area contributed by atoms with E-state index in [-0.39, 0.29) is 0 Å². The molecule has 0 spiro atoms. The first-order valence-corrected chi connectivity index (χ1v) is 18.9. The maximum absolute atomic E-state index is 6.40. The van der Waals surface area contributed by atoms with E-state index in [0.29, 0.717) is 17.6 Å². The number of hydrogen-bond acceptors (Lipinski definition) is 4. The zero-order valence-electron chi connectivity index (χ0n) is 30.0. The number of hydrogen-bond donors (Lipinski definition) is 0. The summed E-state index contributed by atoms with van der Waals surface area (Å²) in [7, 11) is 0. The summed E-state index contributed by atoms with van der Waals surface area (Å²) in [6, 6.07) is 63.9. The summed E-state index contributed by atoms with van der Waals surface area (Å²) in [5.74, 6) is 1.74. The second-order valence-electron chi connectivity index (χ2n) is 14.4. The van der Waals surface area contributed by atoms with E-state index in [4.69, 9.17) is 19.4 Å². The molecule has 0 aliphatic rings. The molecule has 56 heavy (non-hydrogen) atoms. The van der Waals surface area contributed by atoms with Gasteiger partial charge in [0, 0.05) is 32.7 Å². The number of rotatable bonds is 4. The molecule has 0 N–H and O–H groups in total. The van der Waals surface area contributed by atoms with Gasteiger partial charge in [-0.2, -0.15) is 9.97 Å². The first-order valence-electron chi connectivity index (χ1n) is 18.9. The maximum Gasteiger partial charge on any atom is 0.238 e. The van der Waals surface area contributed by atoms with Gasteiger partial charge in [-0.1, -0.05) is 140 Å². The highest BCUT2D eigenvalue weighted by Gasteiger charge is 2.21. The van der Waals surface area contributed by atoms with Gasteiger partial charge in [0.05, 0.1) is 11.0 Å². The molecule has 0 saturated heterocycles. The monoisotopic (exact) mass is 714 g/mol. The third-order valence-electron chi connectivity index (χ3n) is 11.2. The number of aromatic nitrogens is 4. The molecule has 3 aromatic heterocycles. The second kappa shape index (κ2) is 11.9. The molecule has 0 fully saturated rings. The van der Waals surface area contributed by atoms with E-state index < -0.39 is 0 Å². The average molecular weight is 715 g/mol. The summed E-state index contributed by atoms with van der Waals surface area (Å²) < 4.78 is 8.60. The van der Waals surface area contributed by atoms with Crippen LogP contribution in [-0.4, -0.2) is 19.5 Å². The number of benzene rings is 9. The van der Waals surface area contributed by atoms with Crippen LogP contribution in [0.2, 0.25) is 0 Å². The summed E-state index contributed by atoms with van der Waals surface area (Å²) in [5.41, 5.74) is 7.76. The molecule has 3 heterocycles. The standard InChI is InChI=1S/C51H30N4O/c1-2-15-34-30-47-43(28-33(34)14-1)42-29-35(25-27-46(42)56-47)49-52-50(40-20-8-7-19-39(40)38-22-11-16-31-12-3-5-17-36(31)38)54-51(53-49)55-44-23-10-9-21-41(44)48-37-18-6-4-13-32(37)24-26-45(48)55/h1-30H. The van der Waals surface area contributed by atoms with E-state index in [9.17, 15) is 0 Å². The van der Waals surface area contributed by atoms with Crippen molar-refractivity contribution in [2.24, 2.45) is 0 Å². The van der Waals surface area contributed by atoms with Gasteiger partial charge in [-0.15, -0.1) is 0 Å². The van der Waals surface area contributed by atoms with Gasteiger partial charge in [0.1, 0.15) is 11.2 Å². The predicted octanol–water partition coefficient (Wildman–Crippen LogP) is 13.3. The summed E-state index contributed by atoms with van der Waals surface area (Å²) in [6.07, 6.45) is 0. The van der Waals surface area contributed by atoms with Crippen molar-refractivity contribution in [3.05, 3.63) is 182 Å². The van der Waals surface area contributed by atoms with Gasteiger partial charge in [-0.3, -0.25) is 4.57 Å². The Labute approximate surface area is 320 Å². The first-order chi connectivity index (χ1) is 27.7. The van der Waals surface area contributed by atoms with Gasteiger partial charge < -0.3 is 4.42 Å². The molecule has 0 bridgehead atoms. The zero-order valence-corrected chi connectivity index (χ0v) is 30.0. The molecule has 0 aliphatic carbocycles. The van der Waals surface area contributed by atoms with Crippen LogP contribution in [0.4, 0.5) is 0 Å². The SMILES string of the molecule is c1ccc(-c2cccc3ccccc23)c(-c2nc(-c3ccc4oc5cc6ccccc6cc5c4c3)nc(-n3c4ccccc4c4c5ccccc5ccc43)n2)c1. The van der Waals surface area contributed by atoms with Crippen molar-refractivity contribution >= 4 is 76.1 Å². The molecule has 12 rings (SSSR count). The van der Waals surface area contributed by atoms with Gasteiger partial charge in [0.25, 0.3) is 0 Å². The van der Waals surface area contributed by atoms with E-state index in [1.54, 1.807) is 0 Å². The molecule has 0 atom stereocenters. The van der Waals surface area contributed by atoms with E-state index in [0.717, 1.165) is 66.0 Å². The Morgan fingerprint density at radius 1 is 0.357 bits per heavy atom. The van der Waals surface area contributed by atoms with Crippen LogP contribution >= 0.6 is 0 Å². The van der Waals surface area contributed by atoms with Crippen molar-refractivity contribution in [1.82, 2.24) is 19.5 Å². The summed E-state index contributed by atoms with van der Waals surface area (Å²) in [4.78, 5) is 16.0. The summed E-state index contributed by atoms with van der Waals surface area (Å²) in [6.45, 7) is 0. The van der Waals surface area contributed by atoms with Gasteiger partial charge in [0.15, 0.2) is 11.6 Å². The number of para-hydroxylation sites is 1. The minimum absolute atomic E-state index is 0.558. The van der Waals surface area contributed by atoms with Crippen molar-refractivity contribution in [3.8, 4) is 39.9 Å². The smallest absolute Gasteiger partial charge is 0.238 e.